The van der Waals surface area contributed by atoms with E-state index in [1.807, 2.05) is 18.5 Å². The molecule has 326 valence electrons. The maximum Gasteiger partial charge on any atom is 0.169 e. The van der Waals surface area contributed by atoms with E-state index in [-0.39, 0.29) is 68.4 Å². The summed E-state index contributed by atoms with van der Waals surface area (Å²) in [4.78, 5) is 9.11. The van der Waals surface area contributed by atoms with E-state index < -0.39 is 6.10 Å². The lowest BCUT2D eigenvalue weighted by atomic mass is 9.32. The number of aryl methyl sites for hydroxylation is 2. The molecule has 6 aliphatic carbocycles. The fourth-order valence-electron chi connectivity index (χ4n) is 16.3. The van der Waals surface area contributed by atoms with Crippen LogP contribution in [0.2, 0.25) is 0 Å². The van der Waals surface area contributed by atoms with Gasteiger partial charge in [0.2, 0.25) is 0 Å². The van der Waals surface area contributed by atoms with Crippen LogP contribution in [-0.4, -0.2) is 52.8 Å². The van der Waals surface area contributed by atoms with Gasteiger partial charge in [-0.05, 0) is 164 Å². The summed E-state index contributed by atoms with van der Waals surface area (Å²) < 4.78 is 0. The van der Waals surface area contributed by atoms with Crippen molar-refractivity contribution < 1.29 is 30.6 Å². The van der Waals surface area contributed by atoms with Crippen LogP contribution in [0, 0.1) is 40.4 Å². The van der Waals surface area contributed by atoms with Gasteiger partial charge in [-0.2, -0.15) is 0 Å². The molecule has 1 aliphatic heterocycles. The van der Waals surface area contributed by atoms with Crippen molar-refractivity contribution in [1.82, 2.24) is 15.3 Å². The standard InChI is InChI=1S/C54H59N3O6/c58-42-22-10-31(27-45(42)61)9-18-37-38-4-1-5-43(59)46(38)48(63)47(62)39(37)19-8-30-6-11-32(12-7-30)40-20-13-33-28-36-15-14-35-16-21-41-51(56-29-55-41)54(50(33)57-40)49-44(60)23-17-34-3-2-24-52(34,49)25-26-53(35,36)54/h1,4-7,9-12,17-18,22-23,27,29,33-36,40,44,49-50,57-63H,2-3,8,13-16,19-21,24-26,28H2,(H,55,56). The minimum absolute atomic E-state index is 0.108. The number of rotatable bonds is 6. The molecule has 1 aromatic heterocycles. The van der Waals surface area contributed by atoms with Crippen LogP contribution in [0.1, 0.15) is 116 Å². The summed E-state index contributed by atoms with van der Waals surface area (Å²) in [5, 5.41) is 71.2. The lowest BCUT2D eigenvalue weighted by Crippen LogP contribution is -2.77. The van der Waals surface area contributed by atoms with Crippen LogP contribution in [-0.2, 0) is 24.7 Å². The fraction of sp³-hybridized carbons (Fsp3) is 0.463. The van der Waals surface area contributed by atoms with Crippen LogP contribution in [0.15, 0.2) is 79.1 Å². The van der Waals surface area contributed by atoms with Gasteiger partial charge in [0, 0.05) is 34.7 Å². The van der Waals surface area contributed by atoms with E-state index in [2.05, 4.69) is 46.7 Å². The normalized spacial score (nSPS) is 35.1. The molecule has 0 radical (unpaired) electrons. The maximum atomic E-state index is 12.6. The molecule has 8 N–H and O–H groups in total. The Morgan fingerprint density at radius 2 is 1.62 bits per heavy atom. The number of H-pyrrole nitrogens is 1. The molecule has 1 saturated heterocycles. The number of phenolic OH excluding ortho intramolecular Hbond substituents is 5. The molecule has 11 atom stereocenters. The summed E-state index contributed by atoms with van der Waals surface area (Å²) in [6.45, 7) is 0. The number of phenols is 5. The van der Waals surface area contributed by atoms with Crippen LogP contribution in [0.4, 0.5) is 0 Å². The van der Waals surface area contributed by atoms with Crippen LogP contribution >= 0.6 is 0 Å². The Hall–Kier alpha value is -5.25. The summed E-state index contributed by atoms with van der Waals surface area (Å²) in [5.74, 6) is 1.33. The molecule has 9 heteroatoms. The Morgan fingerprint density at radius 1 is 0.762 bits per heavy atom. The minimum atomic E-state index is -0.479. The smallest absolute Gasteiger partial charge is 0.169 e. The van der Waals surface area contributed by atoms with Crippen molar-refractivity contribution in [2.45, 2.75) is 113 Å². The largest absolute Gasteiger partial charge is 0.507 e. The molecule has 0 amide bonds. The quantitative estimate of drug-likeness (QED) is 0.0476. The Kier molecular flexibility index (Phi) is 8.98. The van der Waals surface area contributed by atoms with E-state index in [4.69, 9.17) is 4.98 Å². The van der Waals surface area contributed by atoms with Crippen molar-refractivity contribution in [2.24, 2.45) is 40.4 Å². The molecule has 4 aromatic carbocycles. The number of nitrogens with zero attached hydrogens (tertiary/aromatic N) is 1. The minimum Gasteiger partial charge on any atom is -0.507 e. The van der Waals surface area contributed by atoms with Crippen LogP contribution in [0.25, 0.3) is 22.9 Å². The lowest BCUT2D eigenvalue weighted by Gasteiger charge is -2.73. The Morgan fingerprint density at radius 3 is 2.48 bits per heavy atom. The lowest BCUT2D eigenvalue weighted by molar-refractivity contribution is -0.210. The molecule has 11 unspecified atom stereocenters. The highest BCUT2D eigenvalue weighted by Crippen LogP contribution is 2.80. The first-order valence-corrected chi connectivity index (χ1v) is 23.8. The Labute approximate surface area is 368 Å². The molecule has 12 rings (SSSR count). The summed E-state index contributed by atoms with van der Waals surface area (Å²) in [5.41, 5.74) is 6.84. The highest BCUT2D eigenvalue weighted by molar-refractivity contribution is 6.03. The third-order valence-corrected chi connectivity index (χ3v) is 18.5. The van der Waals surface area contributed by atoms with Gasteiger partial charge in [-0.3, -0.25) is 0 Å². The second kappa shape index (κ2) is 14.4. The van der Waals surface area contributed by atoms with Crippen LogP contribution in [0.5, 0.6) is 28.7 Å². The number of aromatic amines is 1. The van der Waals surface area contributed by atoms with Crippen molar-refractivity contribution in [3.05, 3.63) is 118 Å². The molecule has 0 bridgehead atoms. The predicted octanol–water partition coefficient (Wildman–Crippen LogP) is 9.88. The van der Waals surface area contributed by atoms with Crippen molar-refractivity contribution in [2.75, 3.05) is 0 Å². The first-order valence-electron chi connectivity index (χ1n) is 23.8. The summed E-state index contributed by atoms with van der Waals surface area (Å²) in [6, 6.07) is 18.9. The molecule has 63 heavy (non-hydrogen) atoms. The molecular weight excluding hydrogens is 787 g/mol. The molecule has 5 aromatic rings. The summed E-state index contributed by atoms with van der Waals surface area (Å²) >= 11 is 0. The maximum absolute atomic E-state index is 12.6. The number of fused-ring (bicyclic) bond motifs is 3. The van der Waals surface area contributed by atoms with Gasteiger partial charge in [0.25, 0.3) is 0 Å². The molecule has 9 nitrogen and oxygen atoms in total. The van der Waals surface area contributed by atoms with Crippen molar-refractivity contribution >= 4 is 22.9 Å². The monoisotopic (exact) mass is 845 g/mol. The van der Waals surface area contributed by atoms with Crippen molar-refractivity contribution in [3.63, 3.8) is 0 Å². The number of hydrogen-bond acceptors (Lipinski definition) is 8. The number of aromatic nitrogens is 2. The number of benzene rings is 4. The molecular formula is C54H59N3O6. The average Bonchev–Trinajstić information content (AvgIpc) is 4.02. The van der Waals surface area contributed by atoms with Gasteiger partial charge in [0.15, 0.2) is 23.0 Å². The van der Waals surface area contributed by atoms with Gasteiger partial charge in [0.05, 0.1) is 23.5 Å². The van der Waals surface area contributed by atoms with E-state index in [0.29, 0.717) is 58.6 Å². The summed E-state index contributed by atoms with van der Waals surface area (Å²) in [7, 11) is 0. The van der Waals surface area contributed by atoms with Gasteiger partial charge in [-0.1, -0.05) is 73.2 Å². The highest BCUT2D eigenvalue weighted by Gasteiger charge is 2.79. The molecule has 2 spiro atoms. The zero-order valence-corrected chi connectivity index (χ0v) is 35.8. The molecule has 2 heterocycles. The number of aromatic hydroxyl groups is 5. The zero-order chi connectivity index (χ0) is 42.8. The van der Waals surface area contributed by atoms with E-state index in [9.17, 15) is 30.6 Å². The Bertz CT molecular complexity index is 2690. The van der Waals surface area contributed by atoms with Crippen LogP contribution < -0.4 is 5.32 Å². The highest BCUT2D eigenvalue weighted by atomic mass is 16.3. The van der Waals surface area contributed by atoms with E-state index in [0.717, 1.165) is 24.8 Å². The van der Waals surface area contributed by atoms with Crippen molar-refractivity contribution in [3.8, 4) is 28.7 Å². The SMILES string of the molecule is Oc1ccc(C=Cc2c(CCc3ccc(C4CCC5CC6CCC7CCc8[nH]cnc8C8(C5N4)C4C(O)C=CC5CCCC54CCC768)cc3)c(O)c(O)c3c(O)cccc23)cc1O. The third-order valence-electron chi connectivity index (χ3n) is 18.5. The van der Waals surface area contributed by atoms with E-state index in [1.54, 1.807) is 18.2 Å². The van der Waals surface area contributed by atoms with Gasteiger partial charge < -0.3 is 40.9 Å². The van der Waals surface area contributed by atoms with Gasteiger partial charge >= 0.3 is 0 Å². The first-order chi connectivity index (χ1) is 30.6. The second-order valence-electron chi connectivity index (χ2n) is 20.6. The number of allylic oxidation sites excluding steroid dienone is 1. The third kappa shape index (κ3) is 5.45. The number of imidazole rings is 1. The van der Waals surface area contributed by atoms with Crippen molar-refractivity contribution in [1.29, 1.82) is 0 Å². The van der Waals surface area contributed by atoms with E-state index >= 15 is 0 Å². The number of aliphatic hydroxyl groups is 1. The summed E-state index contributed by atoms with van der Waals surface area (Å²) in [6.07, 6.45) is 25.3. The topological polar surface area (TPSA) is 162 Å². The number of aliphatic hydroxyl groups excluding tert-OH is 1. The van der Waals surface area contributed by atoms with E-state index in [1.165, 1.54) is 92.9 Å². The molecule has 4 saturated carbocycles. The first kappa shape index (κ1) is 39.3. The predicted molar refractivity (Wildman–Crippen MR) is 243 cm³/mol. The average molecular weight is 846 g/mol. The fourth-order valence-corrected chi connectivity index (χ4v) is 16.3. The van der Waals surface area contributed by atoms with Gasteiger partial charge in [-0.15, -0.1) is 0 Å². The molecule has 5 fully saturated rings. The number of hydrogen-bond donors (Lipinski definition) is 8. The van der Waals surface area contributed by atoms with Gasteiger partial charge in [0.1, 0.15) is 5.75 Å². The second-order valence-corrected chi connectivity index (χ2v) is 20.6. The Balaban J connectivity index is 0.881. The van der Waals surface area contributed by atoms with Crippen LogP contribution in [0.3, 0.4) is 0 Å². The van der Waals surface area contributed by atoms with Gasteiger partial charge in [-0.25, -0.2) is 4.98 Å². The molecule has 7 aliphatic rings. The zero-order valence-electron chi connectivity index (χ0n) is 35.8. The number of piperidine rings is 1. The number of nitrogens with one attached hydrogen (secondary N) is 2.